The molecule has 0 radical (unpaired) electrons. The van der Waals surface area contributed by atoms with Gasteiger partial charge in [0.05, 0.1) is 30.0 Å². The van der Waals surface area contributed by atoms with Gasteiger partial charge in [0.25, 0.3) is 0 Å². The van der Waals surface area contributed by atoms with E-state index in [0.717, 1.165) is 29.8 Å². The molecule has 1 aromatic carbocycles. The van der Waals surface area contributed by atoms with Crippen LogP contribution in [0.5, 0.6) is 0 Å². The van der Waals surface area contributed by atoms with Crippen LogP contribution >= 0.6 is 0 Å². The summed E-state index contributed by atoms with van der Waals surface area (Å²) in [5.74, 6) is 0.868. The molecule has 0 aliphatic heterocycles. The molecule has 3 rings (SSSR count). The fraction of sp³-hybridized carbons (Fsp3) is 0.312. The van der Waals surface area contributed by atoms with Crippen molar-refractivity contribution in [2.75, 3.05) is 0 Å². The van der Waals surface area contributed by atoms with Crippen LogP contribution in [0.25, 0.3) is 11.0 Å². The Bertz CT molecular complexity index is 785. The molecule has 0 saturated heterocycles. The summed E-state index contributed by atoms with van der Waals surface area (Å²) < 4.78 is 3.89. The number of para-hydroxylation sites is 2. The molecule has 2 aromatic heterocycles. The molecule has 21 heavy (non-hydrogen) atoms. The van der Waals surface area contributed by atoms with E-state index in [0.29, 0.717) is 12.1 Å². The summed E-state index contributed by atoms with van der Waals surface area (Å²) in [6, 6.07) is 8.01. The zero-order valence-corrected chi connectivity index (χ0v) is 12.3. The van der Waals surface area contributed by atoms with Crippen molar-refractivity contribution < 1.29 is 4.79 Å². The first-order chi connectivity index (χ1) is 10.2. The maximum atomic E-state index is 12.4. The van der Waals surface area contributed by atoms with Crippen LogP contribution in [0.2, 0.25) is 0 Å². The number of benzene rings is 1. The number of hydrogen-bond acceptors (Lipinski definition) is 3. The summed E-state index contributed by atoms with van der Waals surface area (Å²) in [5.41, 5.74) is 2.65. The van der Waals surface area contributed by atoms with Gasteiger partial charge in [-0.25, -0.2) is 9.97 Å². The highest BCUT2D eigenvalue weighted by Gasteiger charge is 2.16. The first-order valence-electron chi connectivity index (χ1n) is 7.14. The van der Waals surface area contributed by atoms with Crippen molar-refractivity contribution >= 4 is 16.8 Å². The molecule has 5 nitrogen and oxygen atoms in total. The van der Waals surface area contributed by atoms with Gasteiger partial charge in [-0.1, -0.05) is 19.1 Å². The Labute approximate surface area is 123 Å². The largest absolute Gasteiger partial charge is 0.331 e. The van der Waals surface area contributed by atoms with Gasteiger partial charge in [0.1, 0.15) is 11.5 Å². The smallest absolute Gasteiger partial charge is 0.188 e. The molecule has 0 N–H and O–H groups in total. The molecule has 0 spiro atoms. The van der Waals surface area contributed by atoms with Crippen molar-refractivity contribution in [3.63, 3.8) is 0 Å². The van der Waals surface area contributed by atoms with Crippen LogP contribution in [0.15, 0.2) is 36.8 Å². The van der Waals surface area contributed by atoms with Crippen LogP contribution in [0.4, 0.5) is 0 Å². The number of rotatable bonds is 5. The van der Waals surface area contributed by atoms with Crippen LogP contribution in [-0.2, 0) is 20.0 Å². The highest BCUT2D eigenvalue weighted by atomic mass is 16.1. The first-order valence-corrected chi connectivity index (χ1v) is 7.14. The lowest BCUT2D eigenvalue weighted by Crippen LogP contribution is -2.13. The maximum Gasteiger partial charge on any atom is 0.188 e. The number of imidazole rings is 2. The Hall–Kier alpha value is -2.43. The lowest BCUT2D eigenvalue weighted by molar-refractivity contribution is 0.0982. The van der Waals surface area contributed by atoms with Crippen LogP contribution in [0.3, 0.4) is 0 Å². The Morgan fingerprint density at radius 3 is 2.81 bits per heavy atom. The third kappa shape index (κ3) is 2.46. The molecule has 0 saturated carbocycles. The van der Waals surface area contributed by atoms with Crippen molar-refractivity contribution in [1.29, 1.82) is 0 Å². The van der Waals surface area contributed by atoms with Crippen LogP contribution in [0.1, 0.15) is 29.7 Å². The Morgan fingerprint density at radius 2 is 2.10 bits per heavy atom. The van der Waals surface area contributed by atoms with Crippen LogP contribution < -0.4 is 0 Å². The quantitative estimate of drug-likeness (QED) is 0.676. The summed E-state index contributed by atoms with van der Waals surface area (Å²) in [5, 5.41) is 0. The molecule has 0 amide bonds. The minimum atomic E-state index is 0.0441. The van der Waals surface area contributed by atoms with E-state index in [4.69, 9.17) is 0 Å². The molecule has 2 heterocycles. The fourth-order valence-electron chi connectivity index (χ4n) is 2.59. The molecular weight excluding hydrogens is 264 g/mol. The van der Waals surface area contributed by atoms with Gasteiger partial charge < -0.3 is 9.13 Å². The summed E-state index contributed by atoms with van der Waals surface area (Å²) in [6.07, 6.45) is 4.55. The molecule has 0 fully saturated rings. The van der Waals surface area contributed by atoms with E-state index in [1.54, 1.807) is 17.1 Å². The monoisotopic (exact) mass is 282 g/mol. The highest BCUT2D eigenvalue weighted by Crippen LogP contribution is 2.18. The number of aromatic nitrogens is 4. The topological polar surface area (TPSA) is 52.7 Å². The van der Waals surface area contributed by atoms with Gasteiger partial charge >= 0.3 is 0 Å². The van der Waals surface area contributed by atoms with Crippen LogP contribution in [0, 0.1) is 0 Å². The lowest BCUT2D eigenvalue weighted by Gasteiger charge is -2.07. The second-order valence-corrected chi connectivity index (χ2v) is 5.16. The molecule has 0 aliphatic carbocycles. The van der Waals surface area contributed by atoms with Gasteiger partial charge in [-0.05, 0) is 18.6 Å². The standard InChI is InChI=1S/C16H18N4O/c1-3-8-20-13-7-5-4-6-12(13)18-16(20)9-15(21)14-10-17-11-19(14)2/h4-7,10-11H,3,8-9H2,1-2H3. The van der Waals surface area contributed by atoms with E-state index in [1.807, 2.05) is 25.2 Å². The van der Waals surface area contributed by atoms with Crippen molar-refractivity contribution in [3.8, 4) is 0 Å². The molecule has 0 unspecified atom stereocenters. The van der Waals surface area contributed by atoms with Crippen LogP contribution in [-0.4, -0.2) is 24.9 Å². The summed E-state index contributed by atoms with van der Waals surface area (Å²) >= 11 is 0. The average molecular weight is 282 g/mol. The number of Topliss-reactive ketones (excluding diaryl/α,β-unsaturated/α-hetero) is 1. The zero-order chi connectivity index (χ0) is 14.8. The van der Waals surface area contributed by atoms with Gasteiger partial charge in [0.2, 0.25) is 0 Å². The number of nitrogens with zero attached hydrogens (tertiary/aromatic N) is 4. The zero-order valence-electron chi connectivity index (χ0n) is 12.3. The van der Waals surface area contributed by atoms with Gasteiger partial charge in [0.15, 0.2) is 5.78 Å². The van der Waals surface area contributed by atoms with Gasteiger partial charge in [-0.15, -0.1) is 0 Å². The third-order valence-corrected chi connectivity index (χ3v) is 3.60. The average Bonchev–Trinajstić information content (AvgIpc) is 3.04. The molecule has 108 valence electrons. The van der Waals surface area contributed by atoms with E-state index in [2.05, 4.69) is 27.5 Å². The predicted molar refractivity (Wildman–Crippen MR) is 81.3 cm³/mol. The molecule has 5 heteroatoms. The SMILES string of the molecule is CCCn1c(CC(=O)c2cncn2C)nc2ccccc21. The predicted octanol–water partition coefficient (Wildman–Crippen LogP) is 2.61. The Kier molecular flexibility index (Phi) is 3.56. The number of fused-ring (bicyclic) bond motifs is 1. The summed E-state index contributed by atoms with van der Waals surface area (Å²) in [4.78, 5) is 21.0. The second kappa shape index (κ2) is 5.52. The van der Waals surface area contributed by atoms with E-state index in [-0.39, 0.29) is 5.78 Å². The number of aryl methyl sites for hydroxylation is 2. The lowest BCUT2D eigenvalue weighted by atomic mass is 10.2. The van der Waals surface area contributed by atoms with Gasteiger partial charge in [0, 0.05) is 13.6 Å². The van der Waals surface area contributed by atoms with E-state index in [9.17, 15) is 4.79 Å². The van der Waals surface area contributed by atoms with Crippen molar-refractivity contribution in [3.05, 3.63) is 48.3 Å². The molecule has 3 aromatic rings. The molecule has 0 aliphatic rings. The minimum Gasteiger partial charge on any atom is -0.331 e. The highest BCUT2D eigenvalue weighted by molar-refractivity contribution is 5.95. The fourth-order valence-corrected chi connectivity index (χ4v) is 2.59. The van der Waals surface area contributed by atoms with E-state index < -0.39 is 0 Å². The number of carbonyl (C=O) groups is 1. The van der Waals surface area contributed by atoms with Crippen molar-refractivity contribution in [2.24, 2.45) is 7.05 Å². The van der Waals surface area contributed by atoms with Gasteiger partial charge in [-0.2, -0.15) is 0 Å². The van der Waals surface area contributed by atoms with E-state index in [1.165, 1.54) is 0 Å². The molecule has 0 atom stereocenters. The van der Waals surface area contributed by atoms with Crippen molar-refractivity contribution in [1.82, 2.24) is 19.1 Å². The Morgan fingerprint density at radius 1 is 1.29 bits per heavy atom. The normalized spacial score (nSPS) is 11.1. The first kappa shape index (κ1) is 13.5. The number of carbonyl (C=O) groups excluding carboxylic acids is 1. The van der Waals surface area contributed by atoms with Gasteiger partial charge in [-0.3, -0.25) is 4.79 Å². The number of hydrogen-bond donors (Lipinski definition) is 0. The Balaban J connectivity index is 1.98. The summed E-state index contributed by atoms with van der Waals surface area (Å²) in [7, 11) is 1.83. The second-order valence-electron chi connectivity index (χ2n) is 5.16. The minimum absolute atomic E-state index is 0.0441. The molecule has 0 bridgehead atoms. The van der Waals surface area contributed by atoms with Crippen molar-refractivity contribution in [2.45, 2.75) is 26.3 Å². The summed E-state index contributed by atoms with van der Waals surface area (Å²) in [6.45, 7) is 3.00. The third-order valence-electron chi connectivity index (χ3n) is 3.60. The molecular formula is C16H18N4O. The maximum absolute atomic E-state index is 12.4. The van der Waals surface area contributed by atoms with E-state index >= 15 is 0 Å². The number of ketones is 1.